The van der Waals surface area contributed by atoms with Crippen LogP contribution in [0, 0.1) is 0 Å². The molecule has 4 nitrogen and oxygen atoms in total. The third-order valence-electron chi connectivity index (χ3n) is 3.51. The van der Waals surface area contributed by atoms with Crippen LogP contribution in [0.4, 0.5) is 0 Å². The zero-order valence-corrected chi connectivity index (χ0v) is 12.9. The highest BCUT2D eigenvalue weighted by Crippen LogP contribution is 2.21. The number of benzene rings is 2. The van der Waals surface area contributed by atoms with E-state index in [4.69, 9.17) is 9.47 Å². The van der Waals surface area contributed by atoms with Crippen LogP contribution < -0.4 is 10.1 Å². The first kappa shape index (κ1) is 16.0. The molecule has 0 heterocycles. The molecule has 0 aromatic heterocycles. The van der Waals surface area contributed by atoms with Gasteiger partial charge in [-0.15, -0.1) is 0 Å². The average Bonchev–Trinajstić information content (AvgIpc) is 2.59. The molecule has 0 fully saturated rings. The van der Waals surface area contributed by atoms with Gasteiger partial charge in [0.1, 0.15) is 5.75 Å². The molecule has 1 unspecified atom stereocenters. The van der Waals surface area contributed by atoms with E-state index in [0.29, 0.717) is 6.54 Å². The SMILES string of the molecule is COC(=O)CC(NCc1ccccc1)c1ccc(OC)cc1. The van der Waals surface area contributed by atoms with E-state index < -0.39 is 0 Å². The van der Waals surface area contributed by atoms with Crippen molar-refractivity contribution in [2.24, 2.45) is 0 Å². The van der Waals surface area contributed by atoms with Gasteiger partial charge in [-0.25, -0.2) is 0 Å². The van der Waals surface area contributed by atoms with Crippen molar-refractivity contribution >= 4 is 5.97 Å². The topological polar surface area (TPSA) is 47.6 Å². The van der Waals surface area contributed by atoms with E-state index in [0.717, 1.165) is 11.3 Å². The molecular formula is C18H21NO3. The van der Waals surface area contributed by atoms with Crippen LogP contribution in [-0.2, 0) is 16.1 Å². The maximum atomic E-state index is 11.6. The molecule has 116 valence electrons. The van der Waals surface area contributed by atoms with Crippen LogP contribution >= 0.6 is 0 Å². The van der Waals surface area contributed by atoms with Gasteiger partial charge in [-0.1, -0.05) is 42.5 Å². The van der Waals surface area contributed by atoms with Crippen molar-refractivity contribution in [3.8, 4) is 5.75 Å². The Bertz CT molecular complexity index is 581. The molecule has 0 aliphatic carbocycles. The minimum Gasteiger partial charge on any atom is -0.497 e. The molecule has 4 heteroatoms. The fourth-order valence-corrected chi connectivity index (χ4v) is 2.23. The lowest BCUT2D eigenvalue weighted by Crippen LogP contribution is -2.24. The van der Waals surface area contributed by atoms with E-state index in [1.165, 1.54) is 12.7 Å². The Labute approximate surface area is 131 Å². The van der Waals surface area contributed by atoms with Crippen LogP contribution in [0.1, 0.15) is 23.6 Å². The van der Waals surface area contributed by atoms with Gasteiger partial charge in [-0.05, 0) is 23.3 Å². The molecule has 1 N–H and O–H groups in total. The van der Waals surface area contributed by atoms with Gasteiger partial charge in [0.05, 0.1) is 20.6 Å². The standard InChI is InChI=1S/C18H21NO3/c1-21-16-10-8-15(9-11-16)17(12-18(20)22-2)19-13-14-6-4-3-5-7-14/h3-11,17,19H,12-13H2,1-2H3. The van der Waals surface area contributed by atoms with Crippen LogP contribution in [-0.4, -0.2) is 20.2 Å². The van der Waals surface area contributed by atoms with Gasteiger partial charge >= 0.3 is 5.97 Å². The second kappa shape index (κ2) is 8.20. The molecule has 2 aromatic carbocycles. The molecule has 0 spiro atoms. The molecule has 0 saturated carbocycles. The Morgan fingerprint density at radius 3 is 2.32 bits per heavy atom. The van der Waals surface area contributed by atoms with Crippen LogP contribution in [0.3, 0.4) is 0 Å². The number of rotatable bonds is 7. The van der Waals surface area contributed by atoms with Gasteiger partial charge in [0.15, 0.2) is 0 Å². The summed E-state index contributed by atoms with van der Waals surface area (Å²) in [6, 6.07) is 17.7. The van der Waals surface area contributed by atoms with Crippen LogP contribution in [0.5, 0.6) is 5.75 Å². The molecular weight excluding hydrogens is 278 g/mol. The third kappa shape index (κ3) is 4.60. The van der Waals surface area contributed by atoms with E-state index in [-0.39, 0.29) is 18.4 Å². The quantitative estimate of drug-likeness (QED) is 0.798. The van der Waals surface area contributed by atoms with Crippen LogP contribution in [0.2, 0.25) is 0 Å². The maximum Gasteiger partial charge on any atom is 0.307 e. The molecule has 0 aliphatic heterocycles. The Hall–Kier alpha value is -2.33. The number of carbonyl (C=O) groups excluding carboxylic acids is 1. The zero-order chi connectivity index (χ0) is 15.8. The van der Waals surface area contributed by atoms with Gasteiger partial charge in [0, 0.05) is 12.6 Å². The Balaban J connectivity index is 2.09. The molecule has 2 rings (SSSR count). The molecule has 1 atom stereocenters. The van der Waals surface area contributed by atoms with Crippen molar-refractivity contribution in [2.75, 3.05) is 14.2 Å². The van der Waals surface area contributed by atoms with Crippen molar-refractivity contribution in [3.05, 3.63) is 65.7 Å². The number of methoxy groups -OCH3 is 2. The molecule has 0 aliphatic rings. The zero-order valence-electron chi connectivity index (χ0n) is 12.9. The number of nitrogens with one attached hydrogen (secondary N) is 1. The van der Waals surface area contributed by atoms with Crippen molar-refractivity contribution in [1.82, 2.24) is 5.32 Å². The van der Waals surface area contributed by atoms with E-state index in [1.54, 1.807) is 7.11 Å². The molecule has 0 amide bonds. The summed E-state index contributed by atoms with van der Waals surface area (Å²) in [7, 11) is 3.04. The lowest BCUT2D eigenvalue weighted by Gasteiger charge is -2.18. The summed E-state index contributed by atoms with van der Waals surface area (Å²) >= 11 is 0. The van der Waals surface area contributed by atoms with E-state index >= 15 is 0 Å². The van der Waals surface area contributed by atoms with Gasteiger partial charge in [0.25, 0.3) is 0 Å². The first-order valence-corrected chi connectivity index (χ1v) is 7.21. The summed E-state index contributed by atoms with van der Waals surface area (Å²) in [6.45, 7) is 0.689. The van der Waals surface area contributed by atoms with E-state index in [2.05, 4.69) is 17.4 Å². The van der Waals surface area contributed by atoms with Crippen molar-refractivity contribution in [3.63, 3.8) is 0 Å². The van der Waals surface area contributed by atoms with Crippen molar-refractivity contribution in [1.29, 1.82) is 0 Å². The third-order valence-corrected chi connectivity index (χ3v) is 3.51. The normalized spacial score (nSPS) is 11.7. The largest absolute Gasteiger partial charge is 0.497 e. The Morgan fingerprint density at radius 2 is 1.73 bits per heavy atom. The second-order valence-corrected chi connectivity index (χ2v) is 4.97. The summed E-state index contributed by atoms with van der Waals surface area (Å²) in [4.78, 5) is 11.6. The highest BCUT2D eigenvalue weighted by molar-refractivity contribution is 5.70. The first-order valence-electron chi connectivity index (χ1n) is 7.21. The molecule has 22 heavy (non-hydrogen) atoms. The smallest absolute Gasteiger partial charge is 0.307 e. The van der Waals surface area contributed by atoms with Gasteiger partial charge in [0.2, 0.25) is 0 Å². The Kier molecular flexibility index (Phi) is 5.98. The van der Waals surface area contributed by atoms with Crippen molar-refractivity contribution < 1.29 is 14.3 Å². The fraction of sp³-hybridized carbons (Fsp3) is 0.278. The minimum absolute atomic E-state index is 0.0986. The van der Waals surface area contributed by atoms with Gasteiger partial charge in [-0.3, -0.25) is 4.79 Å². The second-order valence-electron chi connectivity index (χ2n) is 4.97. The maximum absolute atomic E-state index is 11.6. The number of esters is 1. The minimum atomic E-state index is -0.235. The number of hydrogen-bond acceptors (Lipinski definition) is 4. The summed E-state index contributed by atoms with van der Waals surface area (Å²) in [6.07, 6.45) is 0.287. The monoisotopic (exact) mass is 299 g/mol. The predicted octanol–water partition coefficient (Wildman–Crippen LogP) is 3.09. The molecule has 0 bridgehead atoms. The lowest BCUT2D eigenvalue weighted by molar-refractivity contribution is -0.141. The van der Waals surface area contributed by atoms with Crippen LogP contribution in [0.15, 0.2) is 54.6 Å². The van der Waals surface area contributed by atoms with Crippen LogP contribution in [0.25, 0.3) is 0 Å². The summed E-state index contributed by atoms with van der Waals surface area (Å²) < 4.78 is 9.96. The average molecular weight is 299 g/mol. The first-order chi connectivity index (χ1) is 10.7. The number of hydrogen-bond donors (Lipinski definition) is 1. The highest BCUT2D eigenvalue weighted by Gasteiger charge is 2.16. The summed E-state index contributed by atoms with van der Waals surface area (Å²) in [5, 5.41) is 3.41. The van der Waals surface area contributed by atoms with Gasteiger partial charge < -0.3 is 14.8 Å². The highest BCUT2D eigenvalue weighted by atomic mass is 16.5. The van der Waals surface area contributed by atoms with Crippen molar-refractivity contribution in [2.45, 2.75) is 19.0 Å². The fourth-order valence-electron chi connectivity index (χ4n) is 2.23. The summed E-state index contributed by atoms with van der Waals surface area (Å²) in [5.41, 5.74) is 2.20. The Morgan fingerprint density at radius 1 is 1.05 bits per heavy atom. The van der Waals surface area contributed by atoms with E-state index in [9.17, 15) is 4.79 Å². The lowest BCUT2D eigenvalue weighted by atomic mass is 10.0. The number of ether oxygens (including phenoxy) is 2. The van der Waals surface area contributed by atoms with E-state index in [1.807, 2.05) is 42.5 Å². The van der Waals surface area contributed by atoms with Gasteiger partial charge in [-0.2, -0.15) is 0 Å². The predicted molar refractivity (Wildman–Crippen MR) is 85.6 cm³/mol. The molecule has 2 aromatic rings. The summed E-state index contributed by atoms with van der Waals surface area (Å²) in [5.74, 6) is 0.560. The molecule has 0 saturated heterocycles. The molecule has 0 radical (unpaired) electrons. The number of carbonyl (C=O) groups is 1.